The van der Waals surface area contributed by atoms with Crippen LogP contribution in [-0.4, -0.2) is 87.7 Å². The Hall–Kier alpha value is -4.53. The first-order valence-corrected chi connectivity index (χ1v) is 21.5. The van der Waals surface area contributed by atoms with E-state index in [2.05, 4.69) is 15.4 Å². The van der Waals surface area contributed by atoms with Crippen LogP contribution in [-0.2, 0) is 42.0 Å². The lowest BCUT2D eigenvalue weighted by Crippen LogP contribution is -2.58. The summed E-state index contributed by atoms with van der Waals surface area (Å²) in [5.41, 5.74) is 0.354. The molecule has 3 aliphatic carbocycles. The molecular formula is C41H54N6O8S. The highest BCUT2D eigenvalue weighted by atomic mass is 32.2. The first-order chi connectivity index (χ1) is 26.6. The fraction of sp³-hybridized carbons (Fsp3) is 0.610. The van der Waals surface area contributed by atoms with E-state index in [-0.39, 0.29) is 19.4 Å². The highest BCUT2D eigenvalue weighted by Gasteiger charge is 2.63. The summed E-state index contributed by atoms with van der Waals surface area (Å²) in [6.07, 6.45) is 10.3. The summed E-state index contributed by atoms with van der Waals surface area (Å²) < 4.78 is 39.8. The summed E-state index contributed by atoms with van der Waals surface area (Å²) in [6.45, 7) is 6.83. The van der Waals surface area contributed by atoms with Crippen molar-refractivity contribution in [2.75, 3.05) is 6.54 Å². The molecule has 302 valence electrons. The number of rotatable bonds is 7. The van der Waals surface area contributed by atoms with E-state index in [1.165, 1.54) is 4.90 Å². The Morgan fingerprint density at radius 1 is 1.00 bits per heavy atom. The summed E-state index contributed by atoms with van der Waals surface area (Å²) in [4.78, 5) is 67.3. The minimum atomic E-state index is -3.99. The van der Waals surface area contributed by atoms with Gasteiger partial charge in [0.05, 0.1) is 17.0 Å². The van der Waals surface area contributed by atoms with Gasteiger partial charge in [-0.25, -0.2) is 18.2 Å². The number of sulfonamides is 1. The summed E-state index contributed by atoms with van der Waals surface area (Å²) in [5.74, 6) is -1.35. The van der Waals surface area contributed by atoms with Crippen LogP contribution >= 0.6 is 0 Å². The molecule has 56 heavy (non-hydrogen) atoms. The summed E-state index contributed by atoms with van der Waals surface area (Å²) in [7, 11) is -3.99. The van der Waals surface area contributed by atoms with Crippen molar-refractivity contribution < 1.29 is 37.1 Å². The Labute approximate surface area is 329 Å². The van der Waals surface area contributed by atoms with Crippen LogP contribution in [0.25, 0.3) is 11.4 Å². The lowest BCUT2D eigenvalue weighted by atomic mass is 9.96. The smallest absolute Gasteiger partial charge is 0.408 e. The second-order valence-electron chi connectivity index (χ2n) is 17.3. The van der Waals surface area contributed by atoms with Crippen molar-refractivity contribution >= 4 is 33.8 Å². The molecule has 2 aromatic rings. The van der Waals surface area contributed by atoms with Gasteiger partial charge in [0.15, 0.2) is 5.82 Å². The third kappa shape index (κ3) is 8.57. The van der Waals surface area contributed by atoms with Gasteiger partial charge in [0.25, 0.3) is 5.91 Å². The Morgan fingerprint density at radius 3 is 2.48 bits per heavy atom. The maximum absolute atomic E-state index is 14.6. The molecule has 4 amide bonds. The first kappa shape index (κ1) is 39.7. The van der Waals surface area contributed by atoms with Crippen LogP contribution in [0.15, 0.2) is 42.5 Å². The SMILES string of the molecule is CC(C)(C)OC(=O)N[C@H]1CCCCC/C=C\[C@@H]2C[C@@]2(C(=O)NS(=O)(=O)C2(C)CC2)NC(=O)[C@@H]2C[C@@H](Oc3nc(-c4ccccc4)nc4c3CCCC4)CN2C1=O. The molecule has 0 spiro atoms. The molecule has 2 saturated carbocycles. The predicted molar refractivity (Wildman–Crippen MR) is 208 cm³/mol. The zero-order valence-corrected chi connectivity index (χ0v) is 33.6. The van der Waals surface area contributed by atoms with Gasteiger partial charge in [0, 0.05) is 23.5 Å². The van der Waals surface area contributed by atoms with Crippen molar-refractivity contribution in [1.29, 1.82) is 0 Å². The van der Waals surface area contributed by atoms with Gasteiger partial charge in [0.1, 0.15) is 29.3 Å². The number of carbonyl (C=O) groups excluding carboxylic acids is 4. The molecule has 14 nitrogen and oxygen atoms in total. The predicted octanol–water partition coefficient (Wildman–Crippen LogP) is 4.66. The average molecular weight is 791 g/mol. The molecule has 5 aliphatic rings. The first-order valence-electron chi connectivity index (χ1n) is 20.0. The number of carbonyl (C=O) groups is 4. The summed E-state index contributed by atoms with van der Waals surface area (Å²) in [6, 6.07) is 7.54. The van der Waals surface area contributed by atoms with Crippen LogP contribution < -0.4 is 20.1 Å². The van der Waals surface area contributed by atoms with Crippen LogP contribution in [0.4, 0.5) is 4.79 Å². The van der Waals surface area contributed by atoms with Gasteiger partial charge in [-0.05, 0) is 91.9 Å². The van der Waals surface area contributed by atoms with E-state index in [0.29, 0.717) is 43.8 Å². The molecule has 5 atom stereocenters. The number of hydrogen-bond acceptors (Lipinski definition) is 10. The number of hydrogen-bond donors (Lipinski definition) is 3. The van der Waals surface area contributed by atoms with Crippen molar-refractivity contribution in [2.24, 2.45) is 5.92 Å². The van der Waals surface area contributed by atoms with Gasteiger partial charge in [-0.3, -0.25) is 19.1 Å². The maximum atomic E-state index is 14.6. The van der Waals surface area contributed by atoms with Crippen LogP contribution in [0.3, 0.4) is 0 Å². The number of fused-ring (bicyclic) bond motifs is 3. The highest BCUT2D eigenvalue weighted by Crippen LogP contribution is 2.47. The van der Waals surface area contributed by atoms with Crippen LogP contribution in [0, 0.1) is 5.92 Å². The molecule has 3 N–H and O–H groups in total. The highest BCUT2D eigenvalue weighted by molar-refractivity contribution is 7.91. The van der Waals surface area contributed by atoms with Crippen molar-refractivity contribution in [3.8, 4) is 17.3 Å². The number of nitrogens with one attached hydrogen (secondary N) is 3. The molecule has 0 radical (unpaired) electrons. The topological polar surface area (TPSA) is 186 Å². The van der Waals surface area contributed by atoms with Crippen LogP contribution in [0.1, 0.15) is 110 Å². The van der Waals surface area contributed by atoms with E-state index in [0.717, 1.165) is 55.3 Å². The Kier molecular flexibility index (Phi) is 10.9. The second-order valence-corrected chi connectivity index (χ2v) is 19.5. The molecule has 1 aromatic heterocycles. The number of ether oxygens (including phenoxy) is 2. The van der Waals surface area contributed by atoms with Crippen molar-refractivity contribution in [1.82, 2.24) is 30.2 Å². The monoisotopic (exact) mass is 790 g/mol. The molecule has 3 fully saturated rings. The fourth-order valence-electron chi connectivity index (χ4n) is 7.93. The Balaban J connectivity index is 1.21. The third-order valence-electron chi connectivity index (χ3n) is 11.6. The van der Waals surface area contributed by atoms with Crippen molar-refractivity contribution in [3.63, 3.8) is 0 Å². The van der Waals surface area contributed by atoms with Gasteiger partial charge in [0.2, 0.25) is 27.7 Å². The number of amides is 4. The van der Waals surface area contributed by atoms with Crippen LogP contribution in [0.2, 0.25) is 0 Å². The largest absolute Gasteiger partial charge is 0.472 e. The number of nitrogens with zero attached hydrogens (tertiary/aromatic N) is 3. The minimum Gasteiger partial charge on any atom is -0.472 e. The van der Waals surface area contributed by atoms with E-state index in [9.17, 15) is 27.6 Å². The lowest BCUT2D eigenvalue weighted by molar-refractivity contribution is -0.141. The quantitative estimate of drug-likeness (QED) is 0.334. The average Bonchev–Trinajstić information content (AvgIpc) is 4.03. The zero-order valence-electron chi connectivity index (χ0n) is 32.8. The molecule has 1 saturated heterocycles. The molecule has 0 bridgehead atoms. The number of alkyl carbamates (subject to hydrolysis) is 1. The second kappa shape index (κ2) is 15.4. The molecule has 2 aliphatic heterocycles. The number of aromatic nitrogens is 2. The van der Waals surface area contributed by atoms with E-state index < -0.39 is 73.8 Å². The van der Waals surface area contributed by atoms with E-state index >= 15 is 0 Å². The minimum absolute atomic E-state index is 0.0120. The normalized spacial score (nSPS) is 28.2. The number of benzene rings is 1. The number of allylic oxidation sites excluding steroid dienone is 1. The van der Waals surface area contributed by atoms with Gasteiger partial charge < -0.3 is 25.0 Å². The molecule has 0 unspecified atom stereocenters. The van der Waals surface area contributed by atoms with Crippen LogP contribution in [0.5, 0.6) is 5.88 Å². The number of aryl methyl sites for hydroxylation is 1. The lowest BCUT2D eigenvalue weighted by Gasteiger charge is -2.30. The van der Waals surface area contributed by atoms with E-state index in [1.807, 2.05) is 42.5 Å². The molecule has 1 aromatic carbocycles. The van der Waals surface area contributed by atoms with Crippen molar-refractivity contribution in [2.45, 2.75) is 145 Å². The van der Waals surface area contributed by atoms with Gasteiger partial charge in [-0.1, -0.05) is 55.3 Å². The van der Waals surface area contributed by atoms with E-state index in [4.69, 9.17) is 19.4 Å². The third-order valence-corrected chi connectivity index (χ3v) is 13.8. The molecule has 3 heterocycles. The zero-order chi connectivity index (χ0) is 39.9. The van der Waals surface area contributed by atoms with Crippen molar-refractivity contribution in [3.05, 3.63) is 53.7 Å². The standard InChI is InChI=1S/C41H54N6O8S/c1-39(2,3)55-38(51)43-31-20-12-7-5-6-11-17-27-24-41(27,37(50)46-56(52,53)40(4)21-22-40)45-34(48)32-23-28(25-47(32)36(31)49)54-35-29-18-13-14-19-30(29)42-33(44-35)26-15-9-8-10-16-26/h8-11,15-17,27-28,31-32H,5-7,12-14,18-25H2,1-4H3,(H,43,51)(H,45,48)(H,46,50)/b17-11-/t27-,28-,31+,32+,41-/m1/s1. The maximum Gasteiger partial charge on any atom is 0.408 e. The Bertz CT molecular complexity index is 2000. The molecule has 7 rings (SSSR count). The van der Waals surface area contributed by atoms with Gasteiger partial charge in [-0.15, -0.1) is 0 Å². The van der Waals surface area contributed by atoms with Gasteiger partial charge >= 0.3 is 6.09 Å². The van der Waals surface area contributed by atoms with E-state index in [1.54, 1.807) is 27.7 Å². The molecule has 15 heteroatoms. The fourth-order valence-corrected chi connectivity index (χ4v) is 9.24. The summed E-state index contributed by atoms with van der Waals surface area (Å²) in [5, 5.41) is 5.70. The van der Waals surface area contributed by atoms with Gasteiger partial charge in [-0.2, -0.15) is 4.98 Å². The Morgan fingerprint density at radius 2 is 1.75 bits per heavy atom. The summed E-state index contributed by atoms with van der Waals surface area (Å²) >= 11 is 0. The molecular weight excluding hydrogens is 737 g/mol.